The fraction of sp³-hybridized carbons (Fsp3) is 0.933. The highest BCUT2D eigenvalue weighted by Gasteiger charge is 2.31. The molecule has 3 nitrogen and oxygen atoms in total. The number of amides is 1. The zero-order valence-corrected chi connectivity index (χ0v) is 12.3. The third-order valence-electron chi connectivity index (χ3n) is 4.22. The summed E-state index contributed by atoms with van der Waals surface area (Å²) < 4.78 is 0. The van der Waals surface area contributed by atoms with Crippen LogP contribution in [0.5, 0.6) is 0 Å². The maximum Gasteiger partial charge on any atom is 0.225 e. The minimum absolute atomic E-state index is 0.235. The Hall–Kier alpha value is -0.570. The van der Waals surface area contributed by atoms with Crippen LogP contribution in [0.4, 0.5) is 0 Å². The molecule has 18 heavy (non-hydrogen) atoms. The summed E-state index contributed by atoms with van der Waals surface area (Å²) in [7, 11) is 0. The smallest absolute Gasteiger partial charge is 0.225 e. The van der Waals surface area contributed by atoms with Crippen LogP contribution in [0, 0.1) is 11.8 Å². The molecule has 1 aliphatic heterocycles. The molecule has 2 atom stereocenters. The topological polar surface area (TPSA) is 46.3 Å². The lowest BCUT2D eigenvalue weighted by molar-refractivity contribution is -0.140. The third-order valence-corrected chi connectivity index (χ3v) is 4.22. The number of piperidine rings is 1. The number of nitrogens with two attached hydrogens (primary N) is 1. The van der Waals surface area contributed by atoms with E-state index >= 15 is 0 Å². The van der Waals surface area contributed by atoms with Gasteiger partial charge in [0, 0.05) is 18.5 Å². The molecule has 0 bridgehead atoms. The second-order valence-electron chi connectivity index (χ2n) is 5.79. The van der Waals surface area contributed by atoms with Crippen LogP contribution in [0.3, 0.4) is 0 Å². The molecular weight excluding hydrogens is 224 g/mol. The van der Waals surface area contributed by atoms with Gasteiger partial charge in [0.25, 0.3) is 0 Å². The third kappa shape index (κ3) is 3.98. The maximum absolute atomic E-state index is 12.6. The predicted molar refractivity (Wildman–Crippen MR) is 76.3 cm³/mol. The van der Waals surface area contributed by atoms with Gasteiger partial charge in [-0.15, -0.1) is 0 Å². The van der Waals surface area contributed by atoms with Crippen LogP contribution >= 0.6 is 0 Å². The first kappa shape index (κ1) is 15.5. The van der Waals surface area contributed by atoms with E-state index < -0.39 is 0 Å². The minimum atomic E-state index is 0.235. The minimum Gasteiger partial charge on any atom is -0.339 e. The molecule has 3 heteroatoms. The summed E-state index contributed by atoms with van der Waals surface area (Å²) in [6.07, 6.45) is 6.54. The van der Waals surface area contributed by atoms with E-state index in [0.29, 0.717) is 24.4 Å². The highest BCUT2D eigenvalue weighted by Crippen LogP contribution is 2.25. The molecule has 1 amide bonds. The first-order valence-corrected chi connectivity index (χ1v) is 7.64. The Morgan fingerprint density at radius 3 is 2.39 bits per heavy atom. The zero-order chi connectivity index (χ0) is 13.5. The summed E-state index contributed by atoms with van der Waals surface area (Å²) in [5.41, 5.74) is 5.77. The van der Waals surface area contributed by atoms with Crippen LogP contribution in [0.15, 0.2) is 0 Å². The molecule has 1 heterocycles. The Balaban J connectivity index is 2.65. The van der Waals surface area contributed by atoms with Crippen LogP contribution in [-0.2, 0) is 4.79 Å². The average Bonchev–Trinajstić information content (AvgIpc) is 2.38. The molecule has 0 aliphatic carbocycles. The zero-order valence-electron chi connectivity index (χ0n) is 12.3. The lowest BCUT2D eigenvalue weighted by Crippen LogP contribution is -2.49. The quantitative estimate of drug-likeness (QED) is 0.792. The SMILES string of the molecule is CCCC(CCC)C(=O)N1CC(CN)CCC1C. The van der Waals surface area contributed by atoms with Gasteiger partial charge >= 0.3 is 0 Å². The standard InChI is InChI=1S/C15H30N2O/c1-4-6-14(7-5-2)15(18)17-11-13(10-16)9-8-12(17)3/h12-14H,4-11,16H2,1-3H3. The Kier molecular flexibility index (Phi) is 6.69. The van der Waals surface area contributed by atoms with Crippen molar-refractivity contribution in [3.63, 3.8) is 0 Å². The van der Waals surface area contributed by atoms with Crippen LogP contribution in [0.2, 0.25) is 0 Å². The Bertz CT molecular complexity index is 249. The molecule has 0 aromatic carbocycles. The highest BCUT2D eigenvalue weighted by molar-refractivity contribution is 5.79. The molecular formula is C15H30N2O. The summed E-state index contributed by atoms with van der Waals surface area (Å²) >= 11 is 0. The van der Waals surface area contributed by atoms with E-state index in [9.17, 15) is 4.79 Å². The normalized spacial score (nSPS) is 24.6. The van der Waals surface area contributed by atoms with Gasteiger partial charge in [0.2, 0.25) is 5.91 Å². The van der Waals surface area contributed by atoms with Crippen molar-refractivity contribution < 1.29 is 4.79 Å². The molecule has 1 aliphatic rings. The fourth-order valence-corrected chi connectivity index (χ4v) is 3.00. The van der Waals surface area contributed by atoms with Crippen molar-refractivity contribution in [1.82, 2.24) is 4.90 Å². The molecule has 2 N–H and O–H groups in total. The van der Waals surface area contributed by atoms with Gasteiger partial charge in [-0.2, -0.15) is 0 Å². The average molecular weight is 254 g/mol. The van der Waals surface area contributed by atoms with Gasteiger partial charge < -0.3 is 10.6 Å². The highest BCUT2D eigenvalue weighted by atomic mass is 16.2. The summed E-state index contributed by atoms with van der Waals surface area (Å²) in [5, 5.41) is 0. The molecule has 0 radical (unpaired) electrons. The van der Waals surface area contributed by atoms with E-state index in [1.807, 2.05) is 0 Å². The number of hydrogen-bond donors (Lipinski definition) is 1. The van der Waals surface area contributed by atoms with E-state index in [1.165, 1.54) is 6.42 Å². The lowest BCUT2D eigenvalue weighted by atomic mass is 9.90. The number of likely N-dealkylation sites (tertiary alicyclic amines) is 1. The van der Waals surface area contributed by atoms with Crippen LogP contribution in [0.25, 0.3) is 0 Å². The summed E-state index contributed by atoms with van der Waals surface area (Å²) in [4.78, 5) is 14.7. The first-order valence-electron chi connectivity index (χ1n) is 7.64. The molecule has 0 spiro atoms. The lowest BCUT2D eigenvalue weighted by Gasteiger charge is -2.39. The number of nitrogens with zero attached hydrogens (tertiary/aromatic N) is 1. The van der Waals surface area contributed by atoms with Crippen molar-refractivity contribution in [2.45, 2.75) is 65.3 Å². The van der Waals surface area contributed by atoms with Crippen molar-refractivity contribution in [2.24, 2.45) is 17.6 Å². The Labute approximate surface area is 112 Å². The van der Waals surface area contributed by atoms with Crippen molar-refractivity contribution >= 4 is 5.91 Å². The Morgan fingerprint density at radius 1 is 1.28 bits per heavy atom. The van der Waals surface area contributed by atoms with Gasteiger partial charge in [-0.25, -0.2) is 0 Å². The molecule has 106 valence electrons. The second kappa shape index (κ2) is 7.78. The summed E-state index contributed by atoms with van der Waals surface area (Å²) in [5.74, 6) is 1.12. The van der Waals surface area contributed by atoms with E-state index in [4.69, 9.17) is 5.73 Å². The molecule has 1 rings (SSSR count). The maximum atomic E-state index is 12.6. The largest absolute Gasteiger partial charge is 0.339 e. The molecule has 2 unspecified atom stereocenters. The van der Waals surface area contributed by atoms with E-state index in [1.54, 1.807) is 0 Å². The number of hydrogen-bond acceptors (Lipinski definition) is 2. The van der Waals surface area contributed by atoms with Gasteiger partial charge in [0.15, 0.2) is 0 Å². The molecule has 1 fully saturated rings. The van der Waals surface area contributed by atoms with Gasteiger partial charge in [0.1, 0.15) is 0 Å². The van der Waals surface area contributed by atoms with Crippen LogP contribution in [-0.4, -0.2) is 29.9 Å². The van der Waals surface area contributed by atoms with E-state index in [0.717, 1.165) is 38.6 Å². The number of carbonyl (C=O) groups excluding carboxylic acids is 1. The van der Waals surface area contributed by atoms with Crippen molar-refractivity contribution in [1.29, 1.82) is 0 Å². The monoisotopic (exact) mass is 254 g/mol. The molecule has 1 saturated heterocycles. The van der Waals surface area contributed by atoms with Crippen molar-refractivity contribution in [2.75, 3.05) is 13.1 Å². The van der Waals surface area contributed by atoms with Crippen molar-refractivity contribution in [3.8, 4) is 0 Å². The first-order chi connectivity index (χ1) is 8.63. The van der Waals surface area contributed by atoms with Crippen LogP contribution in [0.1, 0.15) is 59.3 Å². The molecule has 0 aromatic heterocycles. The van der Waals surface area contributed by atoms with Gasteiger partial charge in [-0.05, 0) is 45.1 Å². The van der Waals surface area contributed by atoms with Gasteiger partial charge in [0.05, 0.1) is 0 Å². The number of carbonyl (C=O) groups is 1. The molecule has 0 saturated carbocycles. The van der Waals surface area contributed by atoms with Crippen LogP contribution < -0.4 is 5.73 Å². The van der Waals surface area contributed by atoms with Gasteiger partial charge in [-0.1, -0.05) is 26.7 Å². The van der Waals surface area contributed by atoms with Crippen molar-refractivity contribution in [3.05, 3.63) is 0 Å². The number of rotatable bonds is 6. The Morgan fingerprint density at radius 2 is 1.89 bits per heavy atom. The van der Waals surface area contributed by atoms with Gasteiger partial charge in [-0.3, -0.25) is 4.79 Å². The second-order valence-corrected chi connectivity index (χ2v) is 5.79. The summed E-state index contributed by atoms with van der Waals surface area (Å²) in [6, 6.07) is 0.400. The molecule has 0 aromatic rings. The van der Waals surface area contributed by atoms with E-state index in [-0.39, 0.29) is 5.92 Å². The van der Waals surface area contributed by atoms with E-state index in [2.05, 4.69) is 25.7 Å². The fourth-order valence-electron chi connectivity index (χ4n) is 3.00. The predicted octanol–water partition coefficient (Wildman–Crippen LogP) is 2.79. The summed E-state index contributed by atoms with van der Waals surface area (Å²) in [6.45, 7) is 8.10.